The number of nitrogens with one attached hydrogen (secondary N) is 1. The van der Waals surface area contributed by atoms with Gasteiger partial charge < -0.3 is 10.3 Å². The maximum Gasteiger partial charge on any atom is 0.274 e. The average Bonchev–Trinajstić information content (AvgIpc) is 2.54. The van der Waals surface area contributed by atoms with Crippen LogP contribution in [0.5, 0.6) is 0 Å². The number of nitrogens with zero attached hydrogens (tertiary/aromatic N) is 2. The summed E-state index contributed by atoms with van der Waals surface area (Å²) < 4.78 is 0. The first-order valence-corrected chi connectivity index (χ1v) is 6.26. The van der Waals surface area contributed by atoms with Crippen molar-refractivity contribution in [3.63, 3.8) is 0 Å². The maximum absolute atomic E-state index is 12.4. The molecule has 1 aliphatic carbocycles. The molecule has 19 heavy (non-hydrogen) atoms. The molecule has 5 heteroatoms. The van der Waals surface area contributed by atoms with Gasteiger partial charge in [-0.05, 0) is 25.0 Å². The lowest BCUT2D eigenvalue weighted by Gasteiger charge is -2.39. The summed E-state index contributed by atoms with van der Waals surface area (Å²) in [5.74, 6) is -0.143. The lowest BCUT2D eigenvalue weighted by molar-refractivity contribution is -0.175. The fraction of sp³-hybridized carbons (Fsp3) is 0.429. The molecule has 0 spiro atoms. The molecular formula is C14H19N3O2. The topological polar surface area (TPSA) is 67.6 Å². The summed E-state index contributed by atoms with van der Waals surface area (Å²) in [6, 6.07) is 0. The van der Waals surface area contributed by atoms with E-state index < -0.39 is 5.66 Å². The molecule has 1 atom stereocenters. The molecule has 102 valence electrons. The number of hydrogen-bond donors (Lipinski definition) is 2. The smallest absolute Gasteiger partial charge is 0.274 e. The molecule has 0 aromatic heterocycles. The van der Waals surface area contributed by atoms with Gasteiger partial charge in [-0.3, -0.25) is 10.0 Å². The van der Waals surface area contributed by atoms with Gasteiger partial charge in [0.2, 0.25) is 0 Å². The Labute approximate surface area is 113 Å². The van der Waals surface area contributed by atoms with Gasteiger partial charge >= 0.3 is 0 Å². The summed E-state index contributed by atoms with van der Waals surface area (Å²) >= 11 is 0. The molecule has 1 amide bonds. The van der Waals surface area contributed by atoms with Crippen molar-refractivity contribution in [3.8, 4) is 0 Å². The van der Waals surface area contributed by atoms with Gasteiger partial charge in [0, 0.05) is 12.6 Å². The van der Waals surface area contributed by atoms with E-state index in [1.165, 1.54) is 0 Å². The van der Waals surface area contributed by atoms with Crippen LogP contribution in [0, 0.1) is 11.3 Å². The number of rotatable bonds is 1. The first kappa shape index (κ1) is 13.5. The van der Waals surface area contributed by atoms with E-state index in [9.17, 15) is 10.0 Å². The number of likely N-dealkylation sites (N-methyl/N-ethyl adjacent to an activating group) is 1. The van der Waals surface area contributed by atoms with Gasteiger partial charge in [0.05, 0.1) is 5.71 Å². The van der Waals surface area contributed by atoms with Crippen molar-refractivity contribution in [2.75, 3.05) is 7.05 Å². The molecule has 2 N–H and O–H groups in total. The van der Waals surface area contributed by atoms with Crippen LogP contribution in [0.15, 0.2) is 35.6 Å². The second-order valence-corrected chi connectivity index (χ2v) is 5.35. The Morgan fingerprint density at radius 1 is 1.26 bits per heavy atom. The van der Waals surface area contributed by atoms with Crippen LogP contribution in [-0.4, -0.2) is 39.5 Å². The summed E-state index contributed by atoms with van der Waals surface area (Å²) in [6.45, 7) is 5.76. The molecule has 0 aromatic carbocycles. The van der Waals surface area contributed by atoms with Gasteiger partial charge in [-0.15, -0.1) is 0 Å². The third kappa shape index (κ3) is 1.81. The van der Waals surface area contributed by atoms with Gasteiger partial charge in [-0.2, -0.15) is 0 Å². The number of allylic oxidation sites excluding steroid dienone is 5. The van der Waals surface area contributed by atoms with Crippen molar-refractivity contribution >= 4 is 11.6 Å². The van der Waals surface area contributed by atoms with E-state index >= 15 is 0 Å². The van der Waals surface area contributed by atoms with Crippen molar-refractivity contribution in [3.05, 3.63) is 35.6 Å². The minimum absolute atomic E-state index is 0.0689. The highest BCUT2D eigenvalue weighted by atomic mass is 16.5. The first-order valence-electron chi connectivity index (χ1n) is 6.26. The molecule has 0 aromatic rings. The van der Waals surface area contributed by atoms with Gasteiger partial charge in [0.15, 0.2) is 0 Å². The van der Waals surface area contributed by atoms with Crippen LogP contribution in [0.4, 0.5) is 0 Å². The van der Waals surface area contributed by atoms with Crippen molar-refractivity contribution in [2.24, 2.45) is 5.92 Å². The SMILES string of the molecule is CC(C)C1(C)N(C)C(=O)C(=C2C=CC(=N)C=C2)N1O. The summed E-state index contributed by atoms with van der Waals surface area (Å²) in [7, 11) is 1.69. The predicted octanol–water partition coefficient (Wildman–Crippen LogP) is 1.92. The highest BCUT2D eigenvalue weighted by Gasteiger charge is 2.51. The summed E-state index contributed by atoms with van der Waals surface area (Å²) in [4.78, 5) is 13.9. The average molecular weight is 261 g/mol. The Bertz CT molecular complexity index is 513. The third-order valence-electron chi connectivity index (χ3n) is 4.08. The zero-order valence-corrected chi connectivity index (χ0v) is 11.6. The van der Waals surface area contributed by atoms with E-state index in [0.29, 0.717) is 11.3 Å². The zero-order chi connectivity index (χ0) is 14.4. The Kier molecular flexibility index (Phi) is 3.10. The van der Waals surface area contributed by atoms with Crippen LogP contribution < -0.4 is 0 Å². The monoisotopic (exact) mass is 261 g/mol. The minimum Gasteiger partial charge on any atom is -0.315 e. The van der Waals surface area contributed by atoms with E-state index in [1.54, 1.807) is 36.3 Å². The molecule has 1 unspecified atom stereocenters. The van der Waals surface area contributed by atoms with Crippen LogP contribution in [0.2, 0.25) is 0 Å². The minimum atomic E-state index is -0.758. The first-order chi connectivity index (χ1) is 8.80. The molecule has 0 saturated carbocycles. The molecule has 1 saturated heterocycles. The van der Waals surface area contributed by atoms with E-state index in [0.717, 1.165) is 5.06 Å². The van der Waals surface area contributed by atoms with Crippen molar-refractivity contribution in [1.82, 2.24) is 9.96 Å². The molecule has 1 heterocycles. The number of amides is 1. The molecule has 0 radical (unpaired) electrons. The molecule has 2 aliphatic rings. The molecule has 0 bridgehead atoms. The van der Waals surface area contributed by atoms with Crippen LogP contribution >= 0.6 is 0 Å². The quantitative estimate of drug-likeness (QED) is 0.709. The van der Waals surface area contributed by atoms with E-state index in [1.807, 2.05) is 20.8 Å². The Hall–Kier alpha value is -1.88. The second kappa shape index (κ2) is 4.35. The lowest BCUT2D eigenvalue weighted by atomic mass is 9.97. The molecule has 1 fully saturated rings. The summed E-state index contributed by atoms with van der Waals surface area (Å²) in [5, 5.41) is 19.0. The molecule has 1 aliphatic heterocycles. The van der Waals surface area contributed by atoms with Gasteiger partial charge in [-0.1, -0.05) is 26.0 Å². The number of carbonyl (C=O) groups excluding carboxylic acids is 1. The standard InChI is InChI=1S/C14H19N3O2/c1-9(2)14(3)16(4)13(18)12(17(14)19)10-5-7-11(15)8-6-10/h5-9,15,19H,1-4H3. The number of hydrogen-bond acceptors (Lipinski definition) is 4. The normalized spacial score (nSPS) is 27.3. The Morgan fingerprint density at radius 2 is 1.79 bits per heavy atom. The molecular weight excluding hydrogens is 242 g/mol. The summed E-state index contributed by atoms with van der Waals surface area (Å²) in [6.07, 6.45) is 6.57. The largest absolute Gasteiger partial charge is 0.315 e. The predicted molar refractivity (Wildman–Crippen MR) is 72.7 cm³/mol. The number of carbonyl (C=O) groups is 1. The Balaban J connectivity index is 2.53. The van der Waals surface area contributed by atoms with E-state index in [4.69, 9.17) is 5.41 Å². The lowest BCUT2D eigenvalue weighted by Crippen LogP contribution is -2.52. The van der Waals surface area contributed by atoms with Crippen molar-refractivity contribution in [1.29, 1.82) is 5.41 Å². The number of hydroxylamine groups is 2. The second-order valence-electron chi connectivity index (χ2n) is 5.35. The third-order valence-corrected chi connectivity index (χ3v) is 4.08. The summed E-state index contributed by atoms with van der Waals surface area (Å²) in [5.41, 5.74) is 0.504. The maximum atomic E-state index is 12.4. The van der Waals surface area contributed by atoms with Crippen LogP contribution in [0.25, 0.3) is 0 Å². The van der Waals surface area contributed by atoms with E-state index in [2.05, 4.69) is 0 Å². The zero-order valence-electron chi connectivity index (χ0n) is 11.6. The van der Waals surface area contributed by atoms with Gasteiger partial charge in [-0.25, -0.2) is 5.06 Å². The fourth-order valence-corrected chi connectivity index (χ4v) is 2.33. The van der Waals surface area contributed by atoms with Gasteiger partial charge in [0.1, 0.15) is 11.4 Å². The molecule has 5 nitrogen and oxygen atoms in total. The van der Waals surface area contributed by atoms with Crippen LogP contribution in [0.3, 0.4) is 0 Å². The van der Waals surface area contributed by atoms with Gasteiger partial charge in [0.25, 0.3) is 5.91 Å². The molecule has 2 rings (SSSR count). The van der Waals surface area contributed by atoms with E-state index in [-0.39, 0.29) is 17.5 Å². The van der Waals surface area contributed by atoms with Crippen molar-refractivity contribution in [2.45, 2.75) is 26.4 Å². The highest BCUT2D eigenvalue weighted by molar-refractivity contribution is 6.05. The van der Waals surface area contributed by atoms with Crippen molar-refractivity contribution < 1.29 is 10.0 Å². The fourth-order valence-electron chi connectivity index (χ4n) is 2.33. The highest BCUT2D eigenvalue weighted by Crippen LogP contribution is 2.38. The van der Waals surface area contributed by atoms with Crippen LogP contribution in [0.1, 0.15) is 20.8 Å². The van der Waals surface area contributed by atoms with Crippen LogP contribution in [-0.2, 0) is 4.79 Å². The Morgan fingerprint density at radius 3 is 2.21 bits per heavy atom.